The number of hydrogen-bond acceptors (Lipinski definition) is 3. The van der Waals surface area contributed by atoms with Gasteiger partial charge in [-0.25, -0.2) is 4.79 Å². The average molecular weight is 337 g/mol. The Bertz CT molecular complexity index is 652. The van der Waals surface area contributed by atoms with Gasteiger partial charge in [-0.1, -0.05) is 6.07 Å². The van der Waals surface area contributed by atoms with E-state index >= 15 is 0 Å². The van der Waals surface area contributed by atoms with Gasteiger partial charge in [0.1, 0.15) is 5.75 Å². The maximum atomic E-state index is 10.9. The Labute approximate surface area is 125 Å². The van der Waals surface area contributed by atoms with E-state index in [0.29, 0.717) is 21.7 Å². The lowest BCUT2D eigenvalue weighted by atomic mass is 10.2. The molecule has 1 N–H and O–H groups in total. The van der Waals surface area contributed by atoms with Crippen LogP contribution in [0.4, 0.5) is 0 Å². The molecule has 0 aliphatic heterocycles. The zero-order chi connectivity index (χ0) is 14.7. The number of aryl methyl sites for hydroxylation is 1. The number of halogens is 1. The van der Waals surface area contributed by atoms with Crippen molar-refractivity contribution in [1.82, 2.24) is 0 Å². The third kappa shape index (κ3) is 3.11. The number of aromatic carboxylic acids is 1. The molecule has 0 aliphatic carbocycles. The molecule has 0 atom stereocenters. The molecule has 0 aliphatic rings. The number of benzene rings is 2. The number of carboxylic acids is 1. The van der Waals surface area contributed by atoms with Crippen LogP contribution in [-0.4, -0.2) is 18.2 Å². The van der Waals surface area contributed by atoms with Crippen molar-refractivity contribution in [3.05, 3.63) is 52.0 Å². The number of methoxy groups -OCH3 is 1. The molecule has 0 unspecified atom stereocenters. The fourth-order valence-corrected chi connectivity index (χ4v) is 2.15. The first kappa shape index (κ1) is 14.4. The number of rotatable bonds is 4. The van der Waals surface area contributed by atoms with Crippen molar-refractivity contribution in [3.63, 3.8) is 0 Å². The molecular weight excluding hydrogens is 324 g/mol. The smallest absolute Gasteiger partial charge is 0.335 e. The Morgan fingerprint density at radius 2 is 1.80 bits per heavy atom. The van der Waals surface area contributed by atoms with E-state index in [1.54, 1.807) is 13.2 Å². The van der Waals surface area contributed by atoms with Gasteiger partial charge in [0.25, 0.3) is 0 Å². The molecule has 0 amide bonds. The molecule has 2 aromatic rings. The zero-order valence-corrected chi connectivity index (χ0v) is 12.6. The van der Waals surface area contributed by atoms with Crippen molar-refractivity contribution in [2.45, 2.75) is 6.92 Å². The van der Waals surface area contributed by atoms with Crippen LogP contribution in [0.3, 0.4) is 0 Å². The van der Waals surface area contributed by atoms with Crippen LogP contribution in [-0.2, 0) is 0 Å². The zero-order valence-electron chi connectivity index (χ0n) is 11.0. The van der Waals surface area contributed by atoms with E-state index in [9.17, 15) is 4.79 Å². The number of carboxylic acid groups (broad SMARTS) is 1. The van der Waals surface area contributed by atoms with Gasteiger partial charge in [0, 0.05) is 0 Å². The van der Waals surface area contributed by atoms with Gasteiger partial charge in [-0.3, -0.25) is 0 Å². The molecule has 0 aromatic heterocycles. The molecule has 0 saturated carbocycles. The van der Waals surface area contributed by atoms with Crippen LogP contribution in [0, 0.1) is 6.92 Å². The predicted octanol–water partition coefficient (Wildman–Crippen LogP) is 4.26. The summed E-state index contributed by atoms with van der Waals surface area (Å²) in [7, 11) is 1.57. The highest BCUT2D eigenvalue weighted by Crippen LogP contribution is 2.36. The normalized spacial score (nSPS) is 10.2. The fraction of sp³-hybridized carbons (Fsp3) is 0.133. The second kappa shape index (κ2) is 5.96. The Hall–Kier alpha value is -2.01. The average Bonchev–Trinajstić information content (AvgIpc) is 2.42. The summed E-state index contributed by atoms with van der Waals surface area (Å²) in [6, 6.07) is 10.2. The van der Waals surface area contributed by atoms with Crippen molar-refractivity contribution in [2.75, 3.05) is 7.11 Å². The fourth-order valence-electron chi connectivity index (χ4n) is 1.69. The molecule has 5 heteroatoms. The highest BCUT2D eigenvalue weighted by molar-refractivity contribution is 9.10. The van der Waals surface area contributed by atoms with Crippen molar-refractivity contribution >= 4 is 21.9 Å². The molecule has 2 aromatic carbocycles. The van der Waals surface area contributed by atoms with E-state index in [0.717, 1.165) is 5.56 Å². The van der Waals surface area contributed by atoms with Crippen LogP contribution in [0.5, 0.6) is 17.2 Å². The lowest BCUT2D eigenvalue weighted by Crippen LogP contribution is -1.97. The first-order valence-corrected chi connectivity index (χ1v) is 6.66. The Morgan fingerprint density at radius 3 is 2.40 bits per heavy atom. The first-order chi connectivity index (χ1) is 9.51. The van der Waals surface area contributed by atoms with Crippen LogP contribution in [0.1, 0.15) is 15.9 Å². The van der Waals surface area contributed by atoms with Crippen LogP contribution >= 0.6 is 15.9 Å². The quantitative estimate of drug-likeness (QED) is 0.906. The van der Waals surface area contributed by atoms with Gasteiger partial charge < -0.3 is 14.6 Å². The Balaban J connectivity index is 2.33. The van der Waals surface area contributed by atoms with E-state index < -0.39 is 5.97 Å². The lowest BCUT2D eigenvalue weighted by molar-refractivity contribution is 0.0697. The van der Waals surface area contributed by atoms with Crippen LogP contribution in [0.15, 0.2) is 40.9 Å². The van der Waals surface area contributed by atoms with E-state index in [-0.39, 0.29) is 5.56 Å². The summed E-state index contributed by atoms with van der Waals surface area (Å²) in [5, 5.41) is 8.92. The van der Waals surface area contributed by atoms with Crippen LogP contribution in [0.2, 0.25) is 0 Å². The van der Waals surface area contributed by atoms with Crippen molar-refractivity contribution in [2.24, 2.45) is 0 Å². The second-order valence-corrected chi connectivity index (χ2v) is 5.06. The molecule has 104 valence electrons. The van der Waals surface area contributed by atoms with Gasteiger partial charge in [-0.05, 0) is 58.7 Å². The minimum Gasteiger partial charge on any atom is -0.493 e. The SMILES string of the molecule is COc1cc(C)ccc1Oc1ccc(C(=O)O)cc1Br. The van der Waals surface area contributed by atoms with E-state index in [1.807, 2.05) is 25.1 Å². The Kier molecular flexibility index (Phi) is 4.29. The number of carbonyl (C=O) groups is 1. The third-order valence-electron chi connectivity index (χ3n) is 2.72. The third-order valence-corrected chi connectivity index (χ3v) is 3.34. The monoisotopic (exact) mass is 336 g/mol. The maximum absolute atomic E-state index is 10.9. The highest BCUT2D eigenvalue weighted by Gasteiger charge is 2.11. The Morgan fingerprint density at radius 1 is 1.10 bits per heavy atom. The van der Waals surface area contributed by atoms with Crippen molar-refractivity contribution in [3.8, 4) is 17.2 Å². The van der Waals surface area contributed by atoms with Gasteiger partial charge in [-0.2, -0.15) is 0 Å². The van der Waals surface area contributed by atoms with E-state index in [2.05, 4.69) is 15.9 Å². The summed E-state index contributed by atoms with van der Waals surface area (Å²) in [6.07, 6.45) is 0. The van der Waals surface area contributed by atoms with Gasteiger partial charge in [0.15, 0.2) is 11.5 Å². The second-order valence-electron chi connectivity index (χ2n) is 4.21. The summed E-state index contributed by atoms with van der Waals surface area (Å²) in [6.45, 7) is 1.96. The lowest BCUT2D eigenvalue weighted by Gasteiger charge is -2.12. The summed E-state index contributed by atoms with van der Waals surface area (Å²) in [5.41, 5.74) is 1.26. The summed E-state index contributed by atoms with van der Waals surface area (Å²) < 4.78 is 11.6. The highest BCUT2D eigenvalue weighted by atomic mass is 79.9. The van der Waals surface area contributed by atoms with E-state index in [4.69, 9.17) is 14.6 Å². The van der Waals surface area contributed by atoms with Crippen molar-refractivity contribution < 1.29 is 19.4 Å². The predicted molar refractivity (Wildman–Crippen MR) is 78.9 cm³/mol. The molecule has 0 fully saturated rings. The molecular formula is C15H13BrO4. The molecule has 0 saturated heterocycles. The van der Waals surface area contributed by atoms with Crippen LogP contribution < -0.4 is 9.47 Å². The molecule has 2 rings (SSSR count). The standard InChI is InChI=1S/C15H13BrO4/c1-9-3-5-13(14(7-9)19-2)20-12-6-4-10(15(17)18)8-11(12)16/h3-8H,1-2H3,(H,17,18). The summed E-state index contributed by atoms with van der Waals surface area (Å²) in [5.74, 6) is 0.739. The largest absolute Gasteiger partial charge is 0.493 e. The molecule has 0 spiro atoms. The van der Waals surface area contributed by atoms with Gasteiger partial charge >= 0.3 is 5.97 Å². The molecule has 4 nitrogen and oxygen atoms in total. The summed E-state index contributed by atoms with van der Waals surface area (Å²) >= 11 is 3.30. The van der Waals surface area contributed by atoms with Gasteiger partial charge in [0.2, 0.25) is 0 Å². The topological polar surface area (TPSA) is 55.8 Å². The number of ether oxygens (including phenoxy) is 2. The van der Waals surface area contributed by atoms with Crippen LogP contribution in [0.25, 0.3) is 0 Å². The van der Waals surface area contributed by atoms with Gasteiger partial charge in [-0.15, -0.1) is 0 Å². The minimum absolute atomic E-state index is 0.195. The first-order valence-electron chi connectivity index (χ1n) is 5.86. The molecule has 0 radical (unpaired) electrons. The maximum Gasteiger partial charge on any atom is 0.335 e. The summed E-state index contributed by atoms with van der Waals surface area (Å²) in [4.78, 5) is 10.9. The van der Waals surface area contributed by atoms with Crippen molar-refractivity contribution in [1.29, 1.82) is 0 Å². The molecule has 0 heterocycles. The number of hydrogen-bond donors (Lipinski definition) is 1. The molecule has 20 heavy (non-hydrogen) atoms. The van der Waals surface area contributed by atoms with Gasteiger partial charge in [0.05, 0.1) is 17.1 Å². The van der Waals surface area contributed by atoms with E-state index in [1.165, 1.54) is 12.1 Å². The minimum atomic E-state index is -0.981. The molecule has 0 bridgehead atoms.